The summed E-state index contributed by atoms with van der Waals surface area (Å²) in [4.78, 5) is 24.9. The molecule has 0 spiro atoms. The Kier molecular flexibility index (Phi) is 5.41. The molecule has 0 bridgehead atoms. The van der Waals surface area contributed by atoms with E-state index in [9.17, 15) is 18.4 Å². The maximum absolute atomic E-state index is 13.3. The zero-order valence-corrected chi connectivity index (χ0v) is 12.6. The minimum Gasteiger partial charge on any atom is -0.325 e. The number of nitrogens with one attached hydrogen (secondary N) is 1. The van der Waals surface area contributed by atoms with Crippen molar-refractivity contribution in [2.45, 2.75) is 38.8 Å². The van der Waals surface area contributed by atoms with Crippen molar-refractivity contribution in [2.75, 3.05) is 7.05 Å². The number of hydrogen-bond donors (Lipinski definition) is 1. The third-order valence-electron chi connectivity index (χ3n) is 3.64. The third kappa shape index (κ3) is 4.00. The second kappa shape index (κ2) is 6.65. The Balaban J connectivity index is 3.05. The predicted molar refractivity (Wildman–Crippen MR) is 75.8 cm³/mol. The number of benzene rings is 1. The largest absolute Gasteiger partial charge is 0.325 e. The average Bonchev–Trinajstić information content (AvgIpc) is 2.44. The Morgan fingerprint density at radius 3 is 2.33 bits per heavy atom. The first-order chi connectivity index (χ1) is 9.73. The Morgan fingerprint density at radius 1 is 1.38 bits per heavy atom. The highest BCUT2D eigenvalue weighted by Gasteiger charge is 2.31. The molecule has 21 heavy (non-hydrogen) atoms. The third-order valence-corrected chi connectivity index (χ3v) is 3.64. The molecule has 2 unspecified atom stereocenters. The van der Waals surface area contributed by atoms with Crippen LogP contribution in [0.2, 0.25) is 0 Å². The number of urea groups is 1. The molecule has 0 heterocycles. The Hall–Kier alpha value is -1.98. The topological polar surface area (TPSA) is 49.4 Å². The van der Waals surface area contributed by atoms with Crippen molar-refractivity contribution in [1.29, 1.82) is 0 Å². The van der Waals surface area contributed by atoms with E-state index in [1.54, 1.807) is 7.05 Å². The molecule has 6 heteroatoms. The highest BCUT2D eigenvalue weighted by atomic mass is 19.1. The number of aldehydes is 1. The van der Waals surface area contributed by atoms with Gasteiger partial charge in [-0.1, -0.05) is 6.92 Å². The first-order valence-electron chi connectivity index (χ1n) is 6.71. The normalized spacial score (nSPS) is 15.0. The molecule has 1 rings (SSSR count). The lowest BCUT2D eigenvalue weighted by Gasteiger charge is -2.31. The monoisotopic (exact) mass is 298 g/mol. The highest BCUT2D eigenvalue weighted by Crippen LogP contribution is 2.21. The van der Waals surface area contributed by atoms with Crippen LogP contribution in [0.4, 0.5) is 13.6 Å². The van der Waals surface area contributed by atoms with E-state index < -0.39 is 23.2 Å². The molecule has 0 saturated heterocycles. The lowest BCUT2D eigenvalue weighted by molar-refractivity contribution is -0.112. The van der Waals surface area contributed by atoms with Crippen molar-refractivity contribution in [2.24, 2.45) is 0 Å². The summed E-state index contributed by atoms with van der Waals surface area (Å²) in [6.07, 6.45) is 1.21. The molecule has 1 N–H and O–H groups in total. The van der Waals surface area contributed by atoms with Crippen molar-refractivity contribution in [3.8, 4) is 0 Å². The van der Waals surface area contributed by atoms with E-state index in [1.165, 1.54) is 11.8 Å². The van der Waals surface area contributed by atoms with Gasteiger partial charge >= 0.3 is 6.03 Å². The SMILES string of the molecule is CCC(C)N(C)C(=O)NC(C)(C=O)c1cc(F)cc(F)c1. The lowest BCUT2D eigenvalue weighted by Crippen LogP contribution is -2.51. The Morgan fingerprint density at radius 2 is 1.90 bits per heavy atom. The van der Waals surface area contributed by atoms with Crippen molar-refractivity contribution >= 4 is 12.3 Å². The van der Waals surface area contributed by atoms with Gasteiger partial charge in [-0.3, -0.25) is 0 Å². The summed E-state index contributed by atoms with van der Waals surface area (Å²) in [5.74, 6) is -1.61. The van der Waals surface area contributed by atoms with Gasteiger partial charge in [0.25, 0.3) is 0 Å². The standard InChI is InChI=1S/C15H20F2N2O2/c1-5-10(2)19(4)14(21)18-15(3,9-20)11-6-12(16)8-13(17)7-11/h6-10H,5H2,1-4H3,(H,18,21). The molecule has 2 atom stereocenters. The number of rotatable bonds is 5. The molecule has 0 aromatic heterocycles. The van der Waals surface area contributed by atoms with Crippen LogP contribution in [0.25, 0.3) is 0 Å². The highest BCUT2D eigenvalue weighted by molar-refractivity contribution is 5.81. The van der Waals surface area contributed by atoms with Crippen LogP contribution in [0.15, 0.2) is 18.2 Å². The fourth-order valence-corrected chi connectivity index (χ4v) is 1.81. The Labute approximate surface area is 123 Å². The number of carbonyl (C=O) groups excluding carboxylic acids is 2. The summed E-state index contributed by atoms with van der Waals surface area (Å²) in [6.45, 7) is 5.19. The molecule has 0 fully saturated rings. The van der Waals surface area contributed by atoms with Crippen LogP contribution in [-0.4, -0.2) is 30.3 Å². The minimum atomic E-state index is -1.50. The summed E-state index contributed by atoms with van der Waals surface area (Å²) in [5.41, 5.74) is -1.44. The van der Waals surface area contributed by atoms with E-state index in [1.807, 2.05) is 13.8 Å². The first kappa shape index (κ1) is 17.1. The van der Waals surface area contributed by atoms with E-state index in [0.29, 0.717) is 12.4 Å². The molecule has 2 amide bonds. The fourth-order valence-electron chi connectivity index (χ4n) is 1.81. The first-order valence-corrected chi connectivity index (χ1v) is 6.71. The van der Waals surface area contributed by atoms with Crippen LogP contribution < -0.4 is 5.32 Å². The van der Waals surface area contributed by atoms with Gasteiger partial charge in [0.2, 0.25) is 0 Å². The number of nitrogens with zero attached hydrogens (tertiary/aromatic N) is 1. The molecule has 4 nitrogen and oxygen atoms in total. The second-order valence-electron chi connectivity index (χ2n) is 5.28. The van der Waals surface area contributed by atoms with Gasteiger partial charge in [-0.05, 0) is 38.0 Å². The van der Waals surface area contributed by atoms with E-state index in [2.05, 4.69) is 5.32 Å². The summed E-state index contributed by atoms with van der Waals surface area (Å²) in [6, 6.07) is 2.26. The summed E-state index contributed by atoms with van der Waals surface area (Å²) in [7, 11) is 1.60. The van der Waals surface area contributed by atoms with Gasteiger partial charge in [-0.15, -0.1) is 0 Å². The van der Waals surface area contributed by atoms with E-state index in [0.717, 1.165) is 18.6 Å². The average molecular weight is 298 g/mol. The van der Waals surface area contributed by atoms with Crippen LogP contribution in [0, 0.1) is 11.6 Å². The minimum absolute atomic E-state index is 0.0230. The second-order valence-corrected chi connectivity index (χ2v) is 5.28. The van der Waals surface area contributed by atoms with Gasteiger partial charge in [-0.25, -0.2) is 13.6 Å². The van der Waals surface area contributed by atoms with Crippen LogP contribution in [-0.2, 0) is 10.3 Å². The summed E-state index contributed by atoms with van der Waals surface area (Å²) in [5, 5.41) is 2.51. The van der Waals surface area contributed by atoms with E-state index in [-0.39, 0.29) is 11.6 Å². The molecule has 0 saturated carbocycles. The molecule has 0 radical (unpaired) electrons. The molecule has 0 aliphatic rings. The predicted octanol–water partition coefficient (Wildman–Crippen LogP) is 2.82. The van der Waals surface area contributed by atoms with Crippen molar-refractivity contribution in [3.05, 3.63) is 35.4 Å². The molecule has 0 aliphatic heterocycles. The van der Waals surface area contributed by atoms with Gasteiger partial charge < -0.3 is 15.0 Å². The van der Waals surface area contributed by atoms with E-state index in [4.69, 9.17) is 0 Å². The van der Waals surface area contributed by atoms with Gasteiger partial charge in [0.15, 0.2) is 0 Å². The number of amides is 2. The van der Waals surface area contributed by atoms with Gasteiger partial charge in [-0.2, -0.15) is 0 Å². The molecular weight excluding hydrogens is 278 g/mol. The van der Waals surface area contributed by atoms with Crippen LogP contribution in [0.3, 0.4) is 0 Å². The van der Waals surface area contributed by atoms with Gasteiger partial charge in [0, 0.05) is 19.2 Å². The molecular formula is C15H20F2N2O2. The molecule has 116 valence electrons. The zero-order chi connectivity index (χ0) is 16.2. The van der Waals surface area contributed by atoms with Gasteiger partial charge in [0.05, 0.1) is 0 Å². The van der Waals surface area contributed by atoms with Crippen molar-refractivity contribution in [1.82, 2.24) is 10.2 Å². The maximum Gasteiger partial charge on any atom is 0.318 e. The number of halogens is 2. The van der Waals surface area contributed by atoms with Crippen molar-refractivity contribution < 1.29 is 18.4 Å². The van der Waals surface area contributed by atoms with Crippen LogP contribution in [0.1, 0.15) is 32.8 Å². The van der Waals surface area contributed by atoms with Crippen LogP contribution >= 0.6 is 0 Å². The maximum atomic E-state index is 13.3. The number of carbonyl (C=O) groups is 2. The number of hydrogen-bond acceptors (Lipinski definition) is 2. The van der Waals surface area contributed by atoms with Crippen LogP contribution in [0.5, 0.6) is 0 Å². The smallest absolute Gasteiger partial charge is 0.318 e. The van der Waals surface area contributed by atoms with Crippen molar-refractivity contribution in [3.63, 3.8) is 0 Å². The summed E-state index contributed by atoms with van der Waals surface area (Å²) < 4.78 is 26.6. The fraction of sp³-hybridized carbons (Fsp3) is 0.467. The molecule has 1 aromatic carbocycles. The Bertz CT molecular complexity index is 516. The zero-order valence-electron chi connectivity index (χ0n) is 12.6. The van der Waals surface area contributed by atoms with E-state index >= 15 is 0 Å². The summed E-state index contributed by atoms with van der Waals surface area (Å²) >= 11 is 0. The lowest BCUT2D eigenvalue weighted by atomic mass is 9.93. The molecule has 0 aliphatic carbocycles. The molecule has 1 aromatic rings. The van der Waals surface area contributed by atoms with Gasteiger partial charge in [0.1, 0.15) is 23.5 Å². The quantitative estimate of drug-likeness (QED) is 0.850.